The zero-order valence-electron chi connectivity index (χ0n) is 16.6. The summed E-state index contributed by atoms with van der Waals surface area (Å²) in [6.07, 6.45) is 0. The number of nitrogens with zero attached hydrogens (tertiary/aromatic N) is 3. The highest BCUT2D eigenvalue weighted by Gasteiger charge is 2.34. The highest BCUT2D eigenvalue weighted by molar-refractivity contribution is 7.17. The van der Waals surface area contributed by atoms with Crippen LogP contribution in [0.3, 0.4) is 0 Å². The first kappa shape index (κ1) is 19.0. The minimum atomic E-state index is -0.350. The maximum atomic E-state index is 13.0. The molecule has 0 aliphatic carbocycles. The molecule has 6 nitrogen and oxygen atoms in total. The number of piperazine rings is 1. The van der Waals surface area contributed by atoms with E-state index >= 15 is 0 Å². The minimum Gasteiger partial charge on any atom is -0.336 e. The molecule has 7 heteroatoms. The fourth-order valence-corrected chi connectivity index (χ4v) is 5.14. The summed E-state index contributed by atoms with van der Waals surface area (Å²) >= 11 is 1.77. The summed E-state index contributed by atoms with van der Waals surface area (Å²) in [6, 6.07) is 13.2. The van der Waals surface area contributed by atoms with Gasteiger partial charge in [-0.2, -0.15) is 0 Å². The van der Waals surface area contributed by atoms with E-state index in [1.165, 1.54) is 22.7 Å². The molecule has 2 aromatic carbocycles. The molecule has 2 aliphatic rings. The van der Waals surface area contributed by atoms with Crippen molar-refractivity contribution >= 4 is 39.1 Å². The van der Waals surface area contributed by atoms with Crippen molar-refractivity contribution < 1.29 is 14.4 Å². The molecular formula is C23H21N3O3S. The number of rotatable bonds is 3. The Balaban J connectivity index is 1.25. The van der Waals surface area contributed by atoms with E-state index in [1.807, 2.05) is 4.90 Å². The predicted molar refractivity (Wildman–Crippen MR) is 116 cm³/mol. The van der Waals surface area contributed by atoms with Crippen LogP contribution in [0.15, 0.2) is 47.8 Å². The van der Waals surface area contributed by atoms with Gasteiger partial charge in [0, 0.05) is 50.0 Å². The number of fused-ring (bicyclic) bond motifs is 2. The van der Waals surface area contributed by atoms with Crippen LogP contribution in [0.4, 0.5) is 0 Å². The van der Waals surface area contributed by atoms with Gasteiger partial charge in [0.15, 0.2) is 0 Å². The quantitative estimate of drug-likeness (QED) is 0.612. The molecule has 30 heavy (non-hydrogen) atoms. The maximum absolute atomic E-state index is 13.0. The number of carbonyl (C=O) groups is 3. The Hall–Kier alpha value is -3.03. The highest BCUT2D eigenvalue weighted by Crippen LogP contribution is 2.27. The van der Waals surface area contributed by atoms with E-state index in [0.29, 0.717) is 29.8 Å². The number of benzene rings is 2. The fraction of sp³-hybridized carbons (Fsp3) is 0.261. The van der Waals surface area contributed by atoms with Gasteiger partial charge in [-0.25, -0.2) is 0 Å². The molecule has 3 heterocycles. The fourth-order valence-electron chi connectivity index (χ4n) is 4.18. The monoisotopic (exact) mass is 419 g/mol. The Labute approximate surface area is 178 Å². The van der Waals surface area contributed by atoms with Gasteiger partial charge in [-0.1, -0.05) is 18.2 Å². The second kappa shape index (κ2) is 7.34. The molecule has 2 aliphatic heterocycles. The smallest absolute Gasteiger partial charge is 0.261 e. The summed E-state index contributed by atoms with van der Waals surface area (Å²) in [5.41, 5.74) is 2.48. The molecule has 0 bridgehead atoms. The van der Waals surface area contributed by atoms with Crippen LogP contribution in [0.5, 0.6) is 0 Å². The molecule has 0 radical (unpaired) electrons. The van der Waals surface area contributed by atoms with E-state index in [4.69, 9.17) is 0 Å². The zero-order valence-corrected chi connectivity index (χ0v) is 17.4. The van der Waals surface area contributed by atoms with Gasteiger partial charge in [0.25, 0.3) is 17.7 Å². The van der Waals surface area contributed by atoms with Gasteiger partial charge in [-0.05, 0) is 40.6 Å². The lowest BCUT2D eigenvalue weighted by atomic mass is 10.0. The van der Waals surface area contributed by atoms with E-state index in [0.717, 1.165) is 24.5 Å². The van der Waals surface area contributed by atoms with Crippen LogP contribution in [-0.4, -0.2) is 65.6 Å². The second-order valence-electron chi connectivity index (χ2n) is 7.76. The van der Waals surface area contributed by atoms with Crippen molar-refractivity contribution in [1.82, 2.24) is 14.7 Å². The van der Waals surface area contributed by atoms with Crippen LogP contribution in [-0.2, 0) is 6.54 Å². The summed E-state index contributed by atoms with van der Waals surface area (Å²) < 4.78 is 1.30. The van der Waals surface area contributed by atoms with Crippen LogP contribution in [0.25, 0.3) is 10.1 Å². The van der Waals surface area contributed by atoms with Crippen molar-refractivity contribution in [3.63, 3.8) is 0 Å². The van der Waals surface area contributed by atoms with Gasteiger partial charge in [-0.15, -0.1) is 11.3 Å². The molecule has 0 N–H and O–H groups in total. The van der Waals surface area contributed by atoms with Crippen molar-refractivity contribution in [1.29, 1.82) is 0 Å². The molecule has 5 rings (SSSR count). The van der Waals surface area contributed by atoms with E-state index in [9.17, 15) is 14.4 Å². The third kappa shape index (κ3) is 3.11. The minimum absolute atomic E-state index is 0.0896. The number of thiophene rings is 1. The first-order valence-electron chi connectivity index (χ1n) is 9.96. The molecule has 1 fully saturated rings. The van der Waals surface area contributed by atoms with Crippen LogP contribution in [0.1, 0.15) is 36.6 Å². The standard InChI is InChI=1S/C23H21N3O3S/c1-24-22(28)18-7-6-15(12-19(18)23(24)29)21(27)26-10-8-25(9-11-26)13-16-14-30-20-5-3-2-4-17(16)20/h2-7,12,14H,8-11,13H2,1H3. The number of hydrogen-bond donors (Lipinski definition) is 0. The predicted octanol–water partition coefficient (Wildman–Crippen LogP) is 3.09. The van der Waals surface area contributed by atoms with Crippen LogP contribution < -0.4 is 0 Å². The Kier molecular flexibility index (Phi) is 4.64. The molecule has 3 aromatic rings. The third-order valence-corrected chi connectivity index (χ3v) is 6.96. The first-order valence-corrected chi connectivity index (χ1v) is 10.8. The highest BCUT2D eigenvalue weighted by atomic mass is 32.1. The Morgan fingerprint density at radius 2 is 1.70 bits per heavy atom. The lowest BCUT2D eigenvalue weighted by Crippen LogP contribution is -2.48. The van der Waals surface area contributed by atoms with E-state index in [2.05, 4.69) is 34.5 Å². The van der Waals surface area contributed by atoms with Crippen molar-refractivity contribution in [3.8, 4) is 0 Å². The Morgan fingerprint density at radius 3 is 2.50 bits per heavy atom. The number of imide groups is 1. The molecule has 152 valence electrons. The Bertz CT molecular complexity index is 1180. The van der Waals surface area contributed by atoms with Gasteiger partial charge < -0.3 is 4.90 Å². The summed E-state index contributed by atoms with van der Waals surface area (Å²) in [5, 5.41) is 3.53. The molecule has 0 saturated carbocycles. The second-order valence-corrected chi connectivity index (χ2v) is 8.67. The molecule has 0 unspecified atom stereocenters. The zero-order chi connectivity index (χ0) is 20.8. The average Bonchev–Trinajstić information content (AvgIpc) is 3.28. The maximum Gasteiger partial charge on any atom is 0.261 e. The lowest BCUT2D eigenvalue weighted by Gasteiger charge is -2.34. The van der Waals surface area contributed by atoms with Gasteiger partial charge in [0.2, 0.25) is 0 Å². The average molecular weight is 420 g/mol. The van der Waals surface area contributed by atoms with Crippen molar-refractivity contribution in [2.45, 2.75) is 6.54 Å². The van der Waals surface area contributed by atoms with Crippen LogP contribution >= 0.6 is 11.3 Å². The van der Waals surface area contributed by atoms with E-state index < -0.39 is 0 Å². The van der Waals surface area contributed by atoms with Gasteiger partial charge in [-0.3, -0.25) is 24.2 Å². The first-order chi connectivity index (χ1) is 14.5. The van der Waals surface area contributed by atoms with Gasteiger partial charge >= 0.3 is 0 Å². The van der Waals surface area contributed by atoms with Gasteiger partial charge in [0.1, 0.15) is 0 Å². The largest absolute Gasteiger partial charge is 0.336 e. The number of amides is 3. The van der Waals surface area contributed by atoms with Crippen molar-refractivity contribution in [2.24, 2.45) is 0 Å². The molecule has 1 saturated heterocycles. The summed E-state index contributed by atoms with van der Waals surface area (Å²) in [7, 11) is 1.46. The lowest BCUT2D eigenvalue weighted by molar-refractivity contribution is 0.0628. The van der Waals surface area contributed by atoms with Crippen LogP contribution in [0, 0.1) is 0 Å². The number of carbonyl (C=O) groups excluding carboxylic acids is 3. The summed E-state index contributed by atoms with van der Waals surface area (Å²) in [4.78, 5) is 42.5. The SMILES string of the molecule is CN1C(=O)c2ccc(C(=O)N3CCN(Cc4csc5ccccc45)CC3)cc2C1=O. The molecule has 1 aromatic heterocycles. The van der Waals surface area contributed by atoms with Crippen molar-refractivity contribution in [3.05, 3.63) is 70.1 Å². The van der Waals surface area contributed by atoms with E-state index in [1.54, 1.807) is 29.5 Å². The number of hydrogen-bond acceptors (Lipinski definition) is 5. The van der Waals surface area contributed by atoms with Gasteiger partial charge in [0.05, 0.1) is 11.1 Å². The van der Waals surface area contributed by atoms with Crippen molar-refractivity contribution in [2.75, 3.05) is 33.2 Å². The Morgan fingerprint density at radius 1 is 0.967 bits per heavy atom. The third-order valence-electron chi connectivity index (χ3n) is 5.95. The van der Waals surface area contributed by atoms with Crippen LogP contribution in [0.2, 0.25) is 0 Å². The topological polar surface area (TPSA) is 60.9 Å². The summed E-state index contributed by atoms with van der Waals surface area (Å²) in [6.45, 7) is 3.78. The molecular weight excluding hydrogens is 398 g/mol. The molecule has 0 atom stereocenters. The molecule has 3 amide bonds. The van der Waals surface area contributed by atoms with E-state index in [-0.39, 0.29) is 17.7 Å². The normalized spacial score (nSPS) is 17.1. The summed E-state index contributed by atoms with van der Waals surface area (Å²) in [5.74, 6) is -0.755. The molecule has 0 spiro atoms.